The van der Waals surface area contributed by atoms with E-state index in [4.69, 9.17) is 40.4 Å². The van der Waals surface area contributed by atoms with Crippen molar-refractivity contribution in [3.05, 3.63) is 82.0 Å². The van der Waals surface area contributed by atoms with Gasteiger partial charge >= 0.3 is 0 Å². The van der Waals surface area contributed by atoms with Crippen LogP contribution in [0.25, 0.3) is 0 Å². The molecule has 160 valence electrons. The fraction of sp³-hybridized carbons (Fsp3) is 0.261. The number of allylic oxidation sites excluding steroid dienone is 6. The Morgan fingerprint density at radius 3 is 2.74 bits per heavy atom. The number of nitrogens with one attached hydrogen (secondary N) is 2. The zero-order chi connectivity index (χ0) is 22.0. The van der Waals surface area contributed by atoms with Crippen LogP contribution < -0.4 is 10.6 Å². The second kappa shape index (κ2) is 9.39. The molecule has 1 heterocycles. The third kappa shape index (κ3) is 4.76. The van der Waals surface area contributed by atoms with Crippen molar-refractivity contribution < 1.29 is 4.79 Å². The van der Waals surface area contributed by atoms with Gasteiger partial charge in [-0.2, -0.15) is 0 Å². The highest BCUT2D eigenvalue weighted by Crippen LogP contribution is 2.30. The van der Waals surface area contributed by atoms with Gasteiger partial charge in [-0.25, -0.2) is 0 Å². The monoisotopic (exact) mass is 472 g/mol. The molecule has 3 aliphatic rings. The molecule has 31 heavy (non-hydrogen) atoms. The van der Waals surface area contributed by atoms with E-state index in [-0.39, 0.29) is 17.9 Å². The summed E-state index contributed by atoms with van der Waals surface area (Å²) < 4.78 is 0. The molecule has 0 bridgehead atoms. The summed E-state index contributed by atoms with van der Waals surface area (Å²) in [6.07, 6.45) is 10.3. The summed E-state index contributed by atoms with van der Waals surface area (Å²) in [6.45, 7) is 0. The highest BCUT2D eigenvalue weighted by atomic mass is 35.5. The number of fused-ring (bicyclic) bond motifs is 1. The lowest BCUT2D eigenvalue weighted by atomic mass is 9.86. The van der Waals surface area contributed by atoms with Crippen LogP contribution in [0, 0.1) is 5.92 Å². The van der Waals surface area contributed by atoms with Crippen LogP contribution in [0.1, 0.15) is 18.4 Å². The van der Waals surface area contributed by atoms with Crippen molar-refractivity contribution in [3.63, 3.8) is 0 Å². The Balaban J connectivity index is 1.67. The van der Waals surface area contributed by atoms with Crippen molar-refractivity contribution in [1.29, 1.82) is 0 Å². The van der Waals surface area contributed by atoms with Crippen molar-refractivity contribution in [1.82, 2.24) is 15.5 Å². The Labute approximate surface area is 197 Å². The average Bonchev–Trinajstić information content (AvgIpc) is 2.86. The van der Waals surface area contributed by atoms with E-state index in [9.17, 15) is 4.79 Å². The molecule has 0 aromatic heterocycles. The van der Waals surface area contributed by atoms with Crippen molar-refractivity contribution >= 4 is 52.2 Å². The molecule has 8 heteroatoms. The Morgan fingerprint density at radius 1 is 1.23 bits per heavy atom. The van der Waals surface area contributed by atoms with Gasteiger partial charge in [-0.15, -0.1) is 0 Å². The lowest BCUT2D eigenvalue weighted by Crippen LogP contribution is -2.51. The highest BCUT2D eigenvalue weighted by molar-refractivity contribution is 7.80. The van der Waals surface area contributed by atoms with Gasteiger partial charge in [-0.05, 0) is 42.8 Å². The standard InChI is InChI=1S/C23H22Cl2N4OS/c1-29-19-12-11-15(24)13-16(19)20(14-7-3-2-4-8-14)27-21(22(29)30)28-23(31)26-18-10-6-5-9-17(18)25/h2-5,7-9,11-13,16,19,21H,6,10H2,1H3,(H2,26,28,31). The van der Waals surface area contributed by atoms with Gasteiger partial charge in [0.25, 0.3) is 5.91 Å². The summed E-state index contributed by atoms with van der Waals surface area (Å²) in [5.74, 6) is -0.340. The van der Waals surface area contributed by atoms with E-state index in [1.54, 1.807) is 11.9 Å². The lowest BCUT2D eigenvalue weighted by Gasteiger charge is -2.32. The van der Waals surface area contributed by atoms with E-state index < -0.39 is 6.17 Å². The molecule has 2 aliphatic carbocycles. The zero-order valence-electron chi connectivity index (χ0n) is 16.9. The van der Waals surface area contributed by atoms with Crippen molar-refractivity contribution in [2.45, 2.75) is 25.0 Å². The summed E-state index contributed by atoms with van der Waals surface area (Å²) in [4.78, 5) is 19.8. The molecule has 0 spiro atoms. The molecule has 0 saturated heterocycles. The quantitative estimate of drug-likeness (QED) is 0.646. The van der Waals surface area contributed by atoms with Gasteiger partial charge < -0.3 is 15.5 Å². The summed E-state index contributed by atoms with van der Waals surface area (Å²) in [7, 11) is 1.78. The van der Waals surface area contributed by atoms with Gasteiger partial charge in [0.05, 0.1) is 16.8 Å². The molecule has 5 nitrogen and oxygen atoms in total. The molecule has 2 N–H and O–H groups in total. The number of hydrogen-bond acceptors (Lipinski definition) is 3. The number of nitrogens with zero attached hydrogens (tertiary/aromatic N) is 2. The van der Waals surface area contributed by atoms with Crippen LogP contribution in [0.5, 0.6) is 0 Å². The van der Waals surface area contributed by atoms with Crippen LogP contribution in [0.3, 0.4) is 0 Å². The molecule has 1 aromatic carbocycles. The molecule has 0 saturated carbocycles. The largest absolute Gasteiger partial charge is 0.335 e. The molecule has 0 radical (unpaired) electrons. The second-order valence-corrected chi connectivity index (χ2v) is 8.78. The second-order valence-electron chi connectivity index (χ2n) is 7.53. The molecular formula is C23H22Cl2N4OS. The molecule has 0 fully saturated rings. The third-order valence-corrected chi connectivity index (χ3v) is 6.31. The summed E-state index contributed by atoms with van der Waals surface area (Å²) in [5, 5.41) is 7.75. The van der Waals surface area contributed by atoms with Gasteiger partial charge in [-0.3, -0.25) is 9.79 Å². The number of rotatable bonds is 3. The average molecular weight is 473 g/mol. The summed E-state index contributed by atoms with van der Waals surface area (Å²) in [6, 6.07) is 9.63. The maximum absolute atomic E-state index is 13.3. The van der Waals surface area contributed by atoms with Crippen LogP contribution in [-0.2, 0) is 4.79 Å². The third-order valence-electron chi connectivity index (χ3n) is 5.49. The minimum absolute atomic E-state index is 0.164. The molecule has 3 atom stereocenters. The van der Waals surface area contributed by atoms with E-state index in [0.29, 0.717) is 15.2 Å². The maximum atomic E-state index is 13.3. The zero-order valence-corrected chi connectivity index (χ0v) is 19.2. The number of halogens is 2. The van der Waals surface area contributed by atoms with Crippen molar-refractivity contribution in [2.75, 3.05) is 7.05 Å². The number of amides is 1. The molecule has 1 aliphatic heterocycles. The molecule has 3 unspecified atom stereocenters. The number of thiocarbonyl (C=S) groups is 1. The topological polar surface area (TPSA) is 56.7 Å². The maximum Gasteiger partial charge on any atom is 0.268 e. The number of hydrogen-bond donors (Lipinski definition) is 2. The molecule has 1 aromatic rings. The Hall–Kier alpha value is -2.41. The van der Waals surface area contributed by atoms with Crippen LogP contribution in [-0.4, -0.2) is 40.9 Å². The van der Waals surface area contributed by atoms with Gasteiger partial charge in [0.15, 0.2) is 5.11 Å². The Morgan fingerprint density at radius 2 is 2.00 bits per heavy atom. The summed E-state index contributed by atoms with van der Waals surface area (Å²) >= 11 is 18.1. The van der Waals surface area contributed by atoms with E-state index >= 15 is 0 Å². The van der Waals surface area contributed by atoms with Crippen LogP contribution >= 0.6 is 35.4 Å². The van der Waals surface area contributed by atoms with E-state index in [0.717, 1.165) is 29.8 Å². The summed E-state index contributed by atoms with van der Waals surface area (Å²) in [5.41, 5.74) is 2.55. The Kier molecular flexibility index (Phi) is 6.60. The van der Waals surface area contributed by atoms with Gasteiger partial charge in [0, 0.05) is 23.7 Å². The van der Waals surface area contributed by atoms with Crippen LogP contribution in [0.15, 0.2) is 81.5 Å². The number of carbonyl (C=O) groups is 1. The lowest BCUT2D eigenvalue weighted by molar-refractivity contribution is -0.132. The predicted molar refractivity (Wildman–Crippen MR) is 130 cm³/mol. The number of aliphatic imine (C=N–C) groups is 1. The van der Waals surface area contributed by atoms with Crippen molar-refractivity contribution in [2.24, 2.45) is 10.9 Å². The molecule has 4 rings (SSSR count). The Bertz CT molecular complexity index is 1040. The van der Waals surface area contributed by atoms with Crippen LogP contribution in [0.2, 0.25) is 0 Å². The first kappa shape index (κ1) is 21.8. The van der Waals surface area contributed by atoms with E-state index in [1.165, 1.54) is 0 Å². The first-order chi connectivity index (χ1) is 14.9. The van der Waals surface area contributed by atoms with Gasteiger partial charge in [0.1, 0.15) is 0 Å². The molecule has 1 amide bonds. The smallest absolute Gasteiger partial charge is 0.268 e. The van der Waals surface area contributed by atoms with E-state index in [1.807, 2.05) is 60.7 Å². The number of likely N-dealkylation sites (N-methyl/N-ethyl adjacent to an activating group) is 1. The SMILES string of the molecule is CN1C(=O)C(NC(=S)NC2=C(Cl)C=CCC2)N=C(c2ccccc2)C2C=C(Cl)C=CC21. The first-order valence-corrected chi connectivity index (χ1v) is 11.2. The fourth-order valence-electron chi connectivity index (χ4n) is 3.89. The van der Waals surface area contributed by atoms with Crippen LogP contribution in [0.4, 0.5) is 0 Å². The highest BCUT2D eigenvalue weighted by Gasteiger charge is 2.38. The normalized spacial score (nSPS) is 25.5. The fourth-order valence-corrected chi connectivity index (χ4v) is 4.56. The van der Waals surface area contributed by atoms with Gasteiger partial charge in [-0.1, -0.05) is 71.8 Å². The minimum Gasteiger partial charge on any atom is -0.335 e. The van der Waals surface area contributed by atoms with Gasteiger partial charge in [0.2, 0.25) is 6.17 Å². The van der Waals surface area contributed by atoms with E-state index in [2.05, 4.69) is 10.6 Å². The predicted octanol–water partition coefficient (Wildman–Crippen LogP) is 4.22. The minimum atomic E-state index is -0.870. The number of carbonyl (C=O) groups excluding carboxylic acids is 1. The van der Waals surface area contributed by atoms with Crippen molar-refractivity contribution in [3.8, 4) is 0 Å². The number of benzene rings is 1. The first-order valence-electron chi connectivity index (χ1n) is 10.0. The molecular weight excluding hydrogens is 451 g/mol.